The van der Waals surface area contributed by atoms with Crippen molar-refractivity contribution in [3.05, 3.63) is 88.8 Å². The van der Waals surface area contributed by atoms with Crippen molar-refractivity contribution >= 4 is 48.1 Å². The van der Waals surface area contributed by atoms with E-state index in [9.17, 15) is 14.0 Å². The van der Waals surface area contributed by atoms with Crippen LogP contribution in [-0.2, 0) is 47.5 Å². The van der Waals surface area contributed by atoms with E-state index in [0.29, 0.717) is 11.6 Å². The molecular formula is C51H68IrNO2S-. The summed E-state index contributed by atoms with van der Waals surface area (Å²) in [6.45, 7) is 30.0. The van der Waals surface area contributed by atoms with Crippen LogP contribution in [0.5, 0.6) is 0 Å². The van der Waals surface area contributed by atoms with Gasteiger partial charge in [0.1, 0.15) is 0 Å². The van der Waals surface area contributed by atoms with Gasteiger partial charge in [-0.2, -0.15) is 0 Å². The predicted octanol–water partition coefficient (Wildman–Crippen LogP) is 15.2. The molecule has 3 aromatic carbocycles. The molecule has 0 saturated carbocycles. The van der Waals surface area contributed by atoms with Gasteiger partial charge in [0.05, 0.1) is 7.13 Å². The SMILES string of the molecule is CCC(CC)C(=O)/C=C(\O)C(CC)CC.[2H]c1cnc(-c2[c-]c3ccccc3c(C(C)(C)C)c2)c2sc3c4c(cc(C([2H])([2H])C(C)(C)C)c3c12)C(C)(C)CCC4(C)C.[Ir]. The van der Waals surface area contributed by atoms with Crippen LogP contribution in [0.15, 0.2) is 60.5 Å². The Bertz CT molecular complexity index is 2350. The van der Waals surface area contributed by atoms with Crippen LogP contribution in [0, 0.1) is 23.3 Å². The fraction of sp³-hybridized carbons (Fsp3) is 0.529. The van der Waals surface area contributed by atoms with Crippen molar-refractivity contribution < 1.29 is 34.1 Å². The molecule has 1 aliphatic carbocycles. The van der Waals surface area contributed by atoms with Crippen LogP contribution in [0.25, 0.3) is 42.2 Å². The van der Waals surface area contributed by atoms with Gasteiger partial charge in [-0.3, -0.25) is 9.78 Å². The van der Waals surface area contributed by atoms with Gasteiger partial charge in [0.15, 0.2) is 5.78 Å². The second kappa shape index (κ2) is 17.6. The third-order valence-corrected chi connectivity index (χ3v) is 13.0. The Morgan fingerprint density at radius 3 is 2.12 bits per heavy atom. The minimum absolute atomic E-state index is 0. The first-order chi connectivity index (χ1) is 26.9. The molecule has 0 saturated heterocycles. The fourth-order valence-corrected chi connectivity index (χ4v) is 9.87. The molecule has 3 nitrogen and oxygen atoms in total. The molecule has 1 aliphatic rings. The van der Waals surface area contributed by atoms with Crippen molar-refractivity contribution in [2.24, 2.45) is 17.3 Å². The van der Waals surface area contributed by atoms with Crippen LogP contribution in [0.3, 0.4) is 0 Å². The van der Waals surface area contributed by atoms with Crippen molar-refractivity contribution in [1.82, 2.24) is 4.98 Å². The third kappa shape index (κ3) is 9.54. The van der Waals surface area contributed by atoms with Crippen molar-refractivity contribution in [2.45, 2.75) is 158 Å². The number of fused-ring (bicyclic) bond motifs is 6. The number of thiophene rings is 1. The molecule has 1 N–H and O–H groups in total. The molecule has 0 spiro atoms. The Labute approximate surface area is 360 Å². The smallest absolute Gasteiger partial charge is 0.162 e. The maximum absolute atomic E-state index is 11.7. The standard InChI is InChI=1S/C38H44NS.C13H24O2.Ir/c1-35(2,3)22-25-21-29-31(38(9,10)17-16-37(29,7)8)34-30(25)27-15-18-39-32(33(27)40-34)24-19-23-13-11-12-14-26(23)28(20-24)36(4,5)6;1-5-10(6-2)12(14)9-13(15)11(7-3)8-4;/h11-15,18,20-21H,16-17,22H2,1-10H3;9-11,14H,5-8H2,1-4H3;/q-1;;/b;12-9-;/i15D,22D2;;. The van der Waals surface area contributed by atoms with Crippen LogP contribution in [0.4, 0.5) is 0 Å². The van der Waals surface area contributed by atoms with E-state index in [2.05, 4.69) is 90.9 Å². The number of hydrogen-bond donors (Lipinski definition) is 1. The number of hydrogen-bond acceptors (Lipinski definition) is 4. The topological polar surface area (TPSA) is 50.2 Å². The summed E-state index contributed by atoms with van der Waals surface area (Å²) in [6, 6.07) is 16.9. The Kier molecular flexibility index (Phi) is 13.0. The van der Waals surface area contributed by atoms with E-state index in [4.69, 9.17) is 4.98 Å². The van der Waals surface area contributed by atoms with Gasteiger partial charge in [0, 0.05) is 67.4 Å². The molecule has 0 amide bonds. The van der Waals surface area contributed by atoms with Gasteiger partial charge < -0.3 is 5.11 Å². The summed E-state index contributed by atoms with van der Waals surface area (Å²) < 4.78 is 30.3. The van der Waals surface area contributed by atoms with E-state index in [1.807, 2.05) is 48.5 Å². The molecule has 5 heteroatoms. The maximum atomic E-state index is 11.7. The summed E-state index contributed by atoms with van der Waals surface area (Å²) in [7, 11) is 0. The quantitative estimate of drug-likeness (QED) is 0.0910. The number of ketones is 1. The minimum Gasteiger partial charge on any atom is -0.512 e. The molecular weight excluding hydrogens is 883 g/mol. The second-order valence-electron chi connectivity index (χ2n) is 19.1. The zero-order valence-electron chi connectivity index (χ0n) is 39.6. The molecule has 2 aromatic heterocycles. The van der Waals surface area contributed by atoms with Gasteiger partial charge in [0.2, 0.25) is 0 Å². The molecule has 0 aliphatic heterocycles. The zero-order chi connectivity index (χ0) is 43.3. The summed E-state index contributed by atoms with van der Waals surface area (Å²) in [6.07, 6.45) is 7.07. The molecule has 305 valence electrons. The average Bonchev–Trinajstić information content (AvgIpc) is 3.54. The average molecular weight is 954 g/mol. The van der Waals surface area contributed by atoms with Crippen LogP contribution in [-0.4, -0.2) is 15.9 Å². The first-order valence-electron chi connectivity index (χ1n) is 22.2. The van der Waals surface area contributed by atoms with Gasteiger partial charge in [-0.05, 0) is 94.7 Å². The second-order valence-corrected chi connectivity index (χ2v) is 20.2. The Morgan fingerprint density at radius 2 is 1.54 bits per heavy atom. The summed E-state index contributed by atoms with van der Waals surface area (Å²) in [5.74, 6) is 0.547. The number of aliphatic hydroxyl groups excluding tert-OH is 1. The van der Waals surface area contributed by atoms with Gasteiger partial charge in [-0.1, -0.05) is 132 Å². The largest absolute Gasteiger partial charge is 0.512 e. The van der Waals surface area contributed by atoms with Crippen molar-refractivity contribution in [2.75, 3.05) is 0 Å². The van der Waals surface area contributed by atoms with Gasteiger partial charge in [0.25, 0.3) is 0 Å². The first kappa shape index (κ1) is 41.3. The van der Waals surface area contributed by atoms with Crippen molar-refractivity contribution in [3.63, 3.8) is 0 Å². The molecule has 6 rings (SSSR count). The Morgan fingerprint density at radius 1 is 0.929 bits per heavy atom. The van der Waals surface area contributed by atoms with Crippen LogP contribution >= 0.6 is 11.3 Å². The normalized spacial score (nSPS) is 16.6. The summed E-state index contributed by atoms with van der Waals surface area (Å²) >= 11 is 1.71. The Balaban J connectivity index is 0.000000411. The van der Waals surface area contributed by atoms with Crippen molar-refractivity contribution in [3.8, 4) is 11.3 Å². The summed E-state index contributed by atoms with van der Waals surface area (Å²) in [4.78, 5) is 16.6. The van der Waals surface area contributed by atoms with E-state index >= 15 is 0 Å². The van der Waals surface area contributed by atoms with Crippen LogP contribution < -0.4 is 0 Å². The van der Waals surface area contributed by atoms with Crippen LogP contribution in [0.2, 0.25) is 0 Å². The predicted molar refractivity (Wildman–Crippen MR) is 240 cm³/mol. The third-order valence-electron chi connectivity index (χ3n) is 11.8. The van der Waals surface area contributed by atoms with Crippen molar-refractivity contribution in [1.29, 1.82) is 0 Å². The molecule has 0 unspecified atom stereocenters. The molecule has 0 atom stereocenters. The number of rotatable bonds is 9. The summed E-state index contributed by atoms with van der Waals surface area (Å²) in [5.41, 5.74) is 5.41. The molecule has 0 fully saturated rings. The number of pyridine rings is 1. The van der Waals surface area contributed by atoms with Crippen LogP contribution in [0.1, 0.15) is 162 Å². The number of allylic oxidation sites excluding steroid dienone is 2. The molecule has 56 heavy (non-hydrogen) atoms. The van der Waals surface area contributed by atoms with Gasteiger partial charge >= 0.3 is 0 Å². The van der Waals surface area contributed by atoms with Gasteiger partial charge in [-0.15, -0.1) is 40.5 Å². The molecule has 5 aromatic rings. The first-order valence-corrected chi connectivity index (χ1v) is 21.5. The number of carbonyl (C=O) groups excluding carboxylic acids is 1. The summed E-state index contributed by atoms with van der Waals surface area (Å²) in [5, 5.41) is 13.7. The van der Waals surface area contributed by atoms with E-state index in [1.54, 1.807) is 17.5 Å². The van der Waals surface area contributed by atoms with E-state index in [-0.39, 0.29) is 59.7 Å². The number of aliphatic hydroxyl groups is 1. The van der Waals surface area contributed by atoms with E-state index < -0.39 is 11.8 Å². The number of aromatic nitrogens is 1. The van der Waals surface area contributed by atoms with Gasteiger partial charge in [-0.25, -0.2) is 0 Å². The van der Waals surface area contributed by atoms with E-state index in [1.165, 1.54) is 28.2 Å². The zero-order valence-corrected chi connectivity index (χ0v) is 39.8. The number of nitrogens with zero attached hydrogens (tertiary/aromatic N) is 1. The maximum Gasteiger partial charge on any atom is 0.162 e. The molecule has 2 heterocycles. The van der Waals surface area contributed by atoms with E-state index in [0.717, 1.165) is 75.3 Å². The Hall–Kier alpha value is -2.85. The fourth-order valence-electron chi connectivity index (χ4n) is 8.34. The number of carbonyl (C=O) groups is 1. The number of benzene rings is 3. The molecule has 1 radical (unpaired) electrons. The monoisotopic (exact) mass is 954 g/mol. The minimum atomic E-state index is -1.61. The molecule has 0 bridgehead atoms.